The van der Waals surface area contributed by atoms with Gasteiger partial charge >= 0.3 is 0 Å². The Kier molecular flexibility index (Phi) is 8.16. The van der Waals surface area contributed by atoms with Crippen LogP contribution in [0.4, 0.5) is 0 Å². The summed E-state index contributed by atoms with van der Waals surface area (Å²) in [5, 5.41) is 5.69. The Morgan fingerprint density at radius 3 is 2.41 bits per heavy atom. The minimum absolute atomic E-state index is 0.0649. The van der Waals surface area contributed by atoms with Crippen molar-refractivity contribution in [1.29, 1.82) is 0 Å². The van der Waals surface area contributed by atoms with Gasteiger partial charge in [0.25, 0.3) is 5.91 Å². The Bertz CT molecular complexity index is 761. The number of methoxy groups -OCH3 is 1. The van der Waals surface area contributed by atoms with E-state index in [4.69, 9.17) is 9.47 Å². The van der Waals surface area contributed by atoms with E-state index >= 15 is 0 Å². The van der Waals surface area contributed by atoms with Gasteiger partial charge in [-0.3, -0.25) is 9.59 Å². The lowest BCUT2D eigenvalue weighted by molar-refractivity contribution is -0.121. The van der Waals surface area contributed by atoms with Crippen LogP contribution in [0.2, 0.25) is 0 Å². The quantitative estimate of drug-likeness (QED) is 0.631. The van der Waals surface area contributed by atoms with Crippen molar-refractivity contribution in [3.63, 3.8) is 0 Å². The van der Waals surface area contributed by atoms with E-state index in [-0.39, 0.29) is 11.8 Å². The molecule has 2 rings (SSSR count). The molecule has 144 valence electrons. The molecule has 0 atom stereocenters. The van der Waals surface area contributed by atoms with Crippen LogP contribution in [-0.2, 0) is 11.3 Å². The number of hydrogen-bond donors (Lipinski definition) is 2. The fraction of sp³-hybridized carbons (Fsp3) is 0.333. The zero-order chi connectivity index (χ0) is 19.5. The summed E-state index contributed by atoms with van der Waals surface area (Å²) < 4.78 is 10.7. The molecule has 0 aliphatic heterocycles. The first-order valence-electron chi connectivity index (χ1n) is 9.04. The van der Waals surface area contributed by atoms with Gasteiger partial charge in [-0.2, -0.15) is 0 Å². The molecule has 0 fully saturated rings. The molecule has 0 saturated carbocycles. The third-order valence-corrected chi connectivity index (χ3v) is 3.97. The second-order valence-electron chi connectivity index (χ2n) is 5.88. The summed E-state index contributed by atoms with van der Waals surface area (Å²) in [6.07, 6.45) is 0.892. The number of amides is 2. The topological polar surface area (TPSA) is 76.7 Å². The smallest absolute Gasteiger partial charge is 0.255 e. The number of nitrogens with one attached hydrogen (secondary N) is 2. The fourth-order valence-electron chi connectivity index (χ4n) is 2.61. The van der Waals surface area contributed by atoms with Crippen LogP contribution >= 0.6 is 0 Å². The highest BCUT2D eigenvalue weighted by atomic mass is 16.5. The van der Waals surface area contributed by atoms with Crippen LogP contribution < -0.4 is 20.1 Å². The van der Waals surface area contributed by atoms with E-state index in [1.807, 2.05) is 37.3 Å². The Morgan fingerprint density at radius 2 is 1.67 bits per heavy atom. The predicted molar refractivity (Wildman–Crippen MR) is 104 cm³/mol. The van der Waals surface area contributed by atoms with Crippen molar-refractivity contribution in [1.82, 2.24) is 10.6 Å². The summed E-state index contributed by atoms with van der Waals surface area (Å²) in [4.78, 5) is 24.2. The van der Waals surface area contributed by atoms with Gasteiger partial charge in [0, 0.05) is 25.1 Å². The van der Waals surface area contributed by atoms with Gasteiger partial charge in [0.05, 0.1) is 19.3 Å². The predicted octanol–water partition coefficient (Wildman–Crippen LogP) is 2.92. The van der Waals surface area contributed by atoms with E-state index < -0.39 is 0 Å². The van der Waals surface area contributed by atoms with Gasteiger partial charge in [-0.25, -0.2) is 0 Å². The number of ether oxygens (including phenoxy) is 2. The third kappa shape index (κ3) is 6.33. The van der Waals surface area contributed by atoms with Crippen LogP contribution in [-0.4, -0.2) is 32.1 Å². The standard InChI is InChI=1S/C21H26N2O4/c1-3-27-19-12-7-5-10-17(19)21(25)22-14-8-13-20(24)23-15-16-9-4-6-11-18(16)26-2/h4-7,9-12H,3,8,13-15H2,1-2H3,(H,22,25)(H,23,24). The number of para-hydroxylation sites is 2. The van der Waals surface area contributed by atoms with Crippen LogP contribution in [0, 0.1) is 0 Å². The van der Waals surface area contributed by atoms with Crippen LogP contribution in [0.25, 0.3) is 0 Å². The zero-order valence-electron chi connectivity index (χ0n) is 15.8. The number of carbonyl (C=O) groups is 2. The van der Waals surface area contributed by atoms with Crippen molar-refractivity contribution >= 4 is 11.8 Å². The molecule has 2 amide bonds. The molecule has 0 bridgehead atoms. The lowest BCUT2D eigenvalue weighted by Gasteiger charge is -2.11. The number of rotatable bonds is 10. The van der Waals surface area contributed by atoms with Gasteiger partial charge in [0.1, 0.15) is 11.5 Å². The Hall–Kier alpha value is -3.02. The van der Waals surface area contributed by atoms with Crippen LogP contribution in [0.3, 0.4) is 0 Å². The first-order chi connectivity index (χ1) is 13.2. The SMILES string of the molecule is CCOc1ccccc1C(=O)NCCCC(=O)NCc1ccccc1OC. The van der Waals surface area contributed by atoms with Gasteiger partial charge < -0.3 is 20.1 Å². The third-order valence-electron chi connectivity index (χ3n) is 3.97. The van der Waals surface area contributed by atoms with Crippen molar-refractivity contribution in [2.75, 3.05) is 20.3 Å². The molecule has 0 aliphatic carbocycles. The number of benzene rings is 2. The zero-order valence-corrected chi connectivity index (χ0v) is 15.8. The molecule has 0 spiro atoms. The first kappa shape index (κ1) is 20.3. The maximum Gasteiger partial charge on any atom is 0.255 e. The molecular weight excluding hydrogens is 344 g/mol. The highest BCUT2D eigenvalue weighted by molar-refractivity contribution is 5.96. The lowest BCUT2D eigenvalue weighted by Crippen LogP contribution is -2.27. The second-order valence-corrected chi connectivity index (χ2v) is 5.88. The molecule has 2 aromatic rings. The number of hydrogen-bond acceptors (Lipinski definition) is 4. The van der Waals surface area contributed by atoms with Gasteiger partial charge in [0.15, 0.2) is 0 Å². The van der Waals surface area contributed by atoms with Crippen molar-refractivity contribution in [3.05, 3.63) is 59.7 Å². The normalized spacial score (nSPS) is 10.1. The van der Waals surface area contributed by atoms with Crippen molar-refractivity contribution in [2.24, 2.45) is 0 Å². The van der Waals surface area contributed by atoms with Crippen molar-refractivity contribution < 1.29 is 19.1 Å². The van der Waals surface area contributed by atoms with Gasteiger partial charge in [0.2, 0.25) is 5.91 Å². The summed E-state index contributed by atoms with van der Waals surface area (Å²) in [5.41, 5.74) is 1.43. The molecule has 0 aromatic heterocycles. The minimum atomic E-state index is -0.200. The molecule has 0 saturated heterocycles. The Balaban J connectivity index is 1.72. The van der Waals surface area contributed by atoms with E-state index in [9.17, 15) is 9.59 Å². The Morgan fingerprint density at radius 1 is 0.963 bits per heavy atom. The van der Waals surface area contributed by atoms with Crippen molar-refractivity contribution in [2.45, 2.75) is 26.3 Å². The molecule has 0 unspecified atom stereocenters. The summed E-state index contributed by atoms with van der Waals surface area (Å²) in [6.45, 7) is 3.20. The fourth-order valence-corrected chi connectivity index (χ4v) is 2.61. The summed E-state index contributed by atoms with van der Waals surface area (Å²) in [6, 6.07) is 14.7. The molecule has 0 heterocycles. The summed E-state index contributed by atoms with van der Waals surface area (Å²) in [5.74, 6) is 1.04. The molecule has 2 aromatic carbocycles. The van der Waals surface area contributed by atoms with Gasteiger partial charge in [-0.05, 0) is 31.5 Å². The van der Waals surface area contributed by atoms with Gasteiger partial charge in [-0.15, -0.1) is 0 Å². The molecule has 6 heteroatoms. The monoisotopic (exact) mass is 370 g/mol. The maximum atomic E-state index is 12.3. The van der Waals surface area contributed by atoms with Crippen LogP contribution in [0.1, 0.15) is 35.7 Å². The highest BCUT2D eigenvalue weighted by Gasteiger charge is 2.11. The van der Waals surface area contributed by atoms with E-state index in [2.05, 4.69) is 10.6 Å². The molecule has 2 N–H and O–H groups in total. The van der Waals surface area contributed by atoms with Crippen LogP contribution in [0.15, 0.2) is 48.5 Å². The molecule has 0 radical (unpaired) electrons. The Labute approximate surface area is 159 Å². The number of carbonyl (C=O) groups excluding carboxylic acids is 2. The average Bonchev–Trinajstić information content (AvgIpc) is 2.70. The largest absolute Gasteiger partial charge is 0.496 e. The molecule has 0 aliphatic rings. The molecule has 27 heavy (non-hydrogen) atoms. The lowest BCUT2D eigenvalue weighted by atomic mass is 10.2. The second kappa shape index (κ2) is 10.9. The van der Waals surface area contributed by atoms with Gasteiger partial charge in [-0.1, -0.05) is 30.3 Å². The van der Waals surface area contributed by atoms with E-state index in [1.54, 1.807) is 25.3 Å². The van der Waals surface area contributed by atoms with Crippen molar-refractivity contribution in [3.8, 4) is 11.5 Å². The maximum absolute atomic E-state index is 12.3. The van der Waals surface area contributed by atoms with E-state index in [0.717, 1.165) is 11.3 Å². The van der Waals surface area contributed by atoms with E-state index in [1.165, 1.54) is 0 Å². The van der Waals surface area contributed by atoms with Crippen LogP contribution in [0.5, 0.6) is 11.5 Å². The highest BCUT2D eigenvalue weighted by Crippen LogP contribution is 2.18. The summed E-state index contributed by atoms with van der Waals surface area (Å²) in [7, 11) is 1.60. The minimum Gasteiger partial charge on any atom is -0.496 e. The molecule has 6 nitrogen and oxygen atoms in total. The summed E-state index contributed by atoms with van der Waals surface area (Å²) >= 11 is 0. The first-order valence-corrected chi connectivity index (χ1v) is 9.04. The average molecular weight is 370 g/mol. The molecular formula is C21H26N2O4. The van der Waals surface area contributed by atoms with E-state index in [0.29, 0.717) is 43.9 Å².